The summed E-state index contributed by atoms with van der Waals surface area (Å²) in [6.45, 7) is 0.544. The number of amides is 1. The molecule has 0 bridgehead atoms. The molecule has 0 saturated carbocycles. The van der Waals surface area contributed by atoms with Gasteiger partial charge in [-0.05, 0) is 47.9 Å². The number of halogens is 1. The van der Waals surface area contributed by atoms with Gasteiger partial charge in [0.25, 0.3) is 0 Å². The van der Waals surface area contributed by atoms with Gasteiger partial charge in [0.2, 0.25) is 5.91 Å². The van der Waals surface area contributed by atoms with Crippen molar-refractivity contribution in [3.8, 4) is 5.75 Å². The van der Waals surface area contributed by atoms with E-state index in [4.69, 9.17) is 4.74 Å². The lowest BCUT2D eigenvalue weighted by Crippen LogP contribution is -2.27. The van der Waals surface area contributed by atoms with Crippen LogP contribution in [-0.2, 0) is 17.6 Å². The van der Waals surface area contributed by atoms with Crippen LogP contribution in [0.15, 0.2) is 48.7 Å². The van der Waals surface area contributed by atoms with Crippen LogP contribution in [0, 0.1) is 5.82 Å². The number of carbonyl (C=O) groups excluding carboxylic acids is 1. The van der Waals surface area contributed by atoms with E-state index in [0.717, 1.165) is 34.2 Å². The number of aromatic amines is 1. The summed E-state index contributed by atoms with van der Waals surface area (Å²) in [5.74, 6) is 0.421. The van der Waals surface area contributed by atoms with Crippen molar-refractivity contribution in [1.82, 2.24) is 10.3 Å². The number of H-pyrrole nitrogens is 1. The second-order valence-corrected chi connectivity index (χ2v) is 5.63. The van der Waals surface area contributed by atoms with Gasteiger partial charge in [-0.3, -0.25) is 4.79 Å². The largest absolute Gasteiger partial charge is 0.497 e. The number of hydrogen-bond donors (Lipinski definition) is 2. The molecule has 1 heterocycles. The highest BCUT2D eigenvalue weighted by molar-refractivity contribution is 5.88. The van der Waals surface area contributed by atoms with Gasteiger partial charge in [0, 0.05) is 23.6 Å². The monoisotopic (exact) mass is 326 g/mol. The van der Waals surface area contributed by atoms with E-state index in [9.17, 15) is 9.18 Å². The van der Waals surface area contributed by atoms with E-state index in [0.29, 0.717) is 6.54 Å². The highest BCUT2D eigenvalue weighted by atomic mass is 19.1. The molecule has 0 saturated heterocycles. The van der Waals surface area contributed by atoms with Crippen LogP contribution < -0.4 is 10.1 Å². The Labute approximate surface area is 139 Å². The minimum Gasteiger partial charge on any atom is -0.497 e. The van der Waals surface area contributed by atoms with Crippen molar-refractivity contribution in [2.75, 3.05) is 13.7 Å². The van der Waals surface area contributed by atoms with E-state index >= 15 is 0 Å². The van der Waals surface area contributed by atoms with Crippen LogP contribution >= 0.6 is 0 Å². The van der Waals surface area contributed by atoms with Gasteiger partial charge in [0.15, 0.2) is 0 Å². The molecule has 0 aliphatic heterocycles. The predicted molar refractivity (Wildman–Crippen MR) is 91.7 cm³/mol. The summed E-state index contributed by atoms with van der Waals surface area (Å²) in [5, 5.41) is 3.65. The summed E-state index contributed by atoms with van der Waals surface area (Å²) >= 11 is 0. The third-order valence-electron chi connectivity index (χ3n) is 3.95. The number of rotatable bonds is 6. The molecule has 3 aromatic rings. The smallest absolute Gasteiger partial charge is 0.224 e. The highest BCUT2D eigenvalue weighted by Gasteiger charge is 2.09. The number of fused-ring (bicyclic) bond motifs is 1. The minimum atomic E-state index is -0.304. The Kier molecular flexibility index (Phi) is 4.79. The second kappa shape index (κ2) is 7.17. The Hall–Kier alpha value is -2.82. The van der Waals surface area contributed by atoms with E-state index in [1.165, 1.54) is 12.1 Å². The number of methoxy groups -OCH3 is 1. The molecule has 2 aromatic carbocycles. The molecule has 5 heteroatoms. The lowest BCUT2D eigenvalue weighted by molar-refractivity contribution is -0.120. The van der Waals surface area contributed by atoms with Gasteiger partial charge in [-0.1, -0.05) is 12.1 Å². The molecule has 24 heavy (non-hydrogen) atoms. The molecular formula is C19H19FN2O2. The van der Waals surface area contributed by atoms with Gasteiger partial charge in [-0.2, -0.15) is 0 Å². The third-order valence-corrected chi connectivity index (χ3v) is 3.95. The van der Waals surface area contributed by atoms with Crippen molar-refractivity contribution in [1.29, 1.82) is 0 Å². The maximum atomic E-state index is 13.4. The Morgan fingerprint density at radius 1 is 1.25 bits per heavy atom. The van der Waals surface area contributed by atoms with Gasteiger partial charge in [-0.15, -0.1) is 0 Å². The molecule has 1 aromatic heterocycles. The second-order valence-electron chi connectivity index (χ2n) is 5.63. The van der Waals surface area contributed by atoms with Gasteiger partial charge >= 0.3 is 0 Å². The molecule has 0 fully saturated rings. The quantitative estimate of drug-likeness (QED) is 0.731. The molecule has 0 unspecified atom stereocenters. The SMILES string of the molecule is COc1cccc(CCNC(=O)Cc2c[nH]c3ccc(F)cc23)c1. The number of carbonyl (C=O) groups is 1. The van der Waals surface area contributed by atoms with Crippen LogP contribution in [0.1, 0.15) is 11.1 Å². The van der Waals surface area contributed by atoms with Gasteiger partial charge in [-0.25, -0.2) is 4.39 Å². The molecular weight excluding hydrogens is 307 g/mol. The normalized spacial score (nSPS) is 10.8. The Balaban J connectivity index is 1.56. The molecule has 0 aliphatic carbocycles. The van der Waals surface area contributed by atoms with E-state index in [2.05, 4.69) is 10.3 Å². The first-order valence-electron chi connectivity index (χ1n) is 7.81. The van der Waals surface area contributed by atoms with Crippen molar-refractivity contribution >= 4 is 16.8 Å². The van der Waals surface area contributed by atoms with E-state index in [1.807, 2.05) is 24.3 Å². The third kappa shape index (κ3) is 3.74. The van der Waals surface area contributed by atoms with Crippen LogP contribution in [-0.4, -0.2) is 24.5 Å². The molecule has 3 rings (SSSR count). The number of hydrogen-bond acceptors (Lipinski definition) is 2. The number of ether oxygens (including phenoxy) is 1. The molecule has 2 N–H and O–H groups in total. The van der Waals surface area contributed by atoms with Gasteiger partial charge < -0.3 is 15.0 Å². The lowest BCUT2D eigenvalue weighted by atomic mass is 10.1. The predicted octanol–water partition coefficient (Wildman–Crippen LogP) is 3.22. The van der Waals surface area contributed by atoms with Crippen molar-refractivity contribution in [2.24, 2.45) is 0 Å². The number of aromatic nitrogens is 1. The standard InChI is InChI=1S/C19H19FN2O2/c1-24-16-4-2-3-13(9-16)7-8-21-19(23)10-14-12-22-18-6-5-15(20)11-17(14)18/h2-6,9,11-12,22H,7-8,10H2,1H3,(H,21,23). The van der Waals surface area contributed by atoms with E-state index < -0.39 is 0 Å². The average Bonchev–Trinajstić information content (AvgIpc) is 2.97. The van der Waals surface area contributed by atoms with Crippen LogP contribution in [0.5, 0.6) is 5.75 Å². The van der Waals surface area contributed by atoms with Crippen molar-refractivity contribution in [3.63, 3.8) is 0 Å². The van der Waals surface area contributed by atoms with Gasteiger partial charge in [0.05, 0.1) is 13.5 Å². The fraction of sp³-hybridized carbons (Fsp3) is 0.211. The molecule has 1 amide bonds. The molecule has 0 atom stereocenters. The van der Waals surface area contributed by atoms with Crippen LogP contribution in [0.3, 0.4) is 0 Å². The maximum absolute atomic E-state index is 13.4. The summed E-state index contributed by atoms with van der Waals surface area (Å²) in [7, 11) is 1.63. The molecule has 4 nitrogen and oxygen atoms in total. The first-order chi connectivity index (χ1) is 11.7. The zero-order valence-corrected chi connectivity index (χ0v) is 13.4. The Morgan fingerprint density at radius 3 is 2.96 bits per heavy atom. The van der Waals surface area contributed by atoms with Crippen LogP contribution in [0.4, 0.5) is 4.39 Å². The first-order valence-corrected chi connectivity index (χ1v) is 7.81. The minimum absolute atomic E-state index is 0.0805. The van der Waals surface area contributed by atoms with Crippen LogP contribution in [0.2, 0.25) is 0 Å². The number of nitrogens with one attached hydrogen (secondary N) is 2. The Bertz CT molecular complexity index is 857. The van der Waals surface area contributed by atoms with Gasteiger partial charge in [0.1, 0.15) is 11.6 Å². The zero-order valence-electron chi connectivity index (χ0n) is 13.4. The highest BCUT2D eigenvalue weighted by Crippen LogP contribution is 2.19. The average molecular weight is 326 g/mol. The van der Waals surface area contributed by atoms with Crippen LogP contribution in [0.25, 0.3) is 10.9 Å². The van der Waals surface area contributed by atoms with Crippen molar-refractivity contribution in [2.45, 2.75) is 12.8 Å². The van der Waals surface area contributed by atoms with Crippen molar-refractivity contribution in [3.05, 3.63) is 65.6 Å². The summed E-state index contributed by atoms with van der Waals surface area (Å²) < 4.78 is 18.5. The fourth-order valence-electron chi connectivity index (χ4n) is 2.71. The summed E-state index contributed by atoms with van der Waals surface area (Å²) in [5.41, 5.74) is 2.72. The molecule has 124 valence electrons. The topological polar surface area (TPSA) is 54.1 Å². The number of benzene rings is 2. The van der Waals surface area contributed by atoms with Crippen molar-refractivity contribution < 1.29 is 13.9 Å². The maximum Gasteiger partial charge on any atom is 0.224 e. The molecule has 0 radical (unpaired) electrons. The molecule has 0 spiro atoms. The summed E-state index contributed by atoms with van der Waals surface area (Å²) in [6, 6.07) is 12.3. The first kappa shape index (κ1) is 16.1. The zero-order chi connectivity index (χ0) is 16.9. The Morgan fingerprint density at radius 2 is 2.12 bits per heavy atom. The summed E-state index contributed by atoms with van der Waals surface area (Å²) in [6.07, 6.45) is 2.71. The summed E-state index contributed by atoms with van der Waals surface area (Å²) in [4.78, 5) is 15.2. The molecule has 0 aliphatic rings. The van der Waals surface area contributed by atoms with E-state index in [-0.39, 0.29) is 18.1 Å². The van der Waals surface area contributed by atoms with E-state index in [1.54, 1.807) is 19.4 Å². The fourth-order valence-corrected chi connectivity index (χ4v) is 2.71. The lowest BCUT2D eigenvalue weighted by Gasteiger charge is -2.06.